The van der Waals surface area contributed by atoms with Gasteiger partial charge in [0.2, 0.25) is 5.91 Å². The maximum absolute atomic E-state index is 13.8. The molecule has 7 nitrogen and oxygen atoms in total. The lowest BCUT2D eigenvalue weighted by molar-refractivity contribution is -0.122. The molecule has 5 rings (SSSR count). The van der Waals surface area contributed by atoms with Crippen molar-refractivity contribution in [2.24, 2.45) is 0 Å². The van der Waals surface area contributed by atoms with Gasteiger partial charge in [-0.2, -0.15) is 0 Å². The van der Waals surface area contributed by atoms with Gasteiger partial charge in [-0.05, 0) is 38.7 Å². The predicted molar refractivity (Wildman–Crippen MR) is 113 cm³/mol. The van der Waals surface area contributed by atoms with Crippen molar-refractivity contribution in [2.75, 3.05) is 11.4 Å². The minimum atomic E-state index is -0.385. The zero-order chi connectivity index (χ0) is 20.8. The molecule has 1 aromatic carbocycles. The molecule has 1 saturated heterocycles. The van der Waals surface area contributed by atoms with Gasteiger partial charge in [0.15, 0.2) is 15.5 Å². The van der Waals surface area contributed by atoms with E-state index in [4.69, 9.17) is 0 Å². The fourth-order valence-corrected chi connectivity index (χ4v) is 5.13. The van der Waals surface area contributed by atoms with Crippen LogP contribution in [0.2, 0.25) is 0 Å². The highest BCUT2D eigenvalue weighted by Crippen LogP contribution is 2.36. The van der Waals surface area contributed by atoms with Crippen molar-refractivity contribution in [2.45, 2.75) is 51.2 Å². The van der Waals surface area contributed by atoms with Crippen LogP contribution in [0.25, 0.3) is 10.3 Å². The Kier molecular flexibility index (Phi) is 4.77. The highest BCUT2D eigenvalue weighted by Gasteiger charge is 2.34. The third-order valence-corrected chi connectivity index (χ3v) is 6.74. The van der Waals surface area contributed by atoms with Gasteiger partial charge in [-0.1, -0.05) is 29.5 Å². The Hall–Kier alpha value is -2.81. The van der Waals surface area contributed by atoms with E-state index in [1.165, 1.54) is 17.4 Å². The van der Waals surface area contributed by atoms with Crippen LogP contribution in [-0.2, 0) is 11.3 Å². The fraction of sp³-hybridized carbons (Fsp3) is 0.429. The summed E-state index contributed by atoms with van der Waals surface area (Å²) in [6.45, 7) is 2.68. The summed E-state index contributed by atoms with van der Waals surface area (Å²) in [4.78, 5) is 37.5. The number of anilines is 1. The number of hydrogen-bond acceptors (Lipinski definition) is 6. The number of nitrogens with one attached hydrogen (secondary N) is 1. The van der Waals surface area contributed by atoms with E-state index in [1.54, 1.807) is 22.8 Å². The summed E-state index contributed by atoms with van der Waals surface area (Å²) in [5.41, 5.74) is 0.739. The van der Waals surface area contributed by atoms with Gasteiger partial charge in [0.1, 0.15) is 17.7 Å². The minimum absolute atomic E-state index is 0.0951. The summed E-state index contributed by atoms with van der Waals surface area (Å²) in [6, 6.07) is 6.27. The molecule has 1 saturated carbocycles. The Morgan fingerprint density at radius 1 is 1.27 bits per heavy atom. The third-order valence-electron chi connectivity index (χ3n) is 5.76. The van der Waals surface area contributed by atoms with Crippen molar-refractivity contribution in [3.63, 3.8) is 0 Å². The number of aryl methyl sites for hydroxylation is 1. The van der Waals surface area contributed by atoms with E-state index in [2.05, 4.69) is 15.3 Å². The molecule has 2 aliphatic rings. The van der Waals surface area contributed by atoms with Gasteiger partial charge in [0.05, 0.1) is 0 Å². The molecular weight excluding hydrogens is 405 g/mol. The number of aromatic nitrogens is 3. The standard InChI is InChI=1S/C21H22FN5O2S/c1-12-24-19-17(20(29)27(12)14-8-9-14)25-21(30-19)26-10-4-7-16(26)18(28)23-11-13-5-2-3-6-15(13)22/h2-3,5-6,14,16H,4,7-11H2,1H3,(H,23,28). The van der Waals surface area contributed by atoms with E-state index in [1.807, 2.05) is 11.8 Å². The molecule has 1 atom stereocenters. The lowest BCUT2D eigenvalue weighted by Crippen LogP contribution is -2.43. The number of carbonyl (C=O) groups excluding carboxylic acids is 1. The number of halogens is 1. The lowest BCUT2D eigenvalue weighted by Gasteiger charge is -2.23. The van der Waals surface area contributed by atoms with E-state index in [-0.39, 0.29) is 35.9 Å². The Labute approximate surface area is 176 Å². The molecule has 2 aromatic heterocycles. The SMILES string of the molecule is Cc1nc2sc(N3CCCC3C(=O)NCc3ccccc3F)nc2c(=O)n1C1CC1. The third kappa shape index (κ3) is 3.36. The molecule has 1 amide bonds. The zero-order valence-corrected chi connectivity index (χ0v) is 17.4. The number of nitrogens with zero attached hydrogens (tertiary/aromatic N) is 4. The number of hydrogen-bond donors (Lipinski definition) is 1. The molecule has 0 bridgehead atoms. The van der Waals surface area contributed by atoms with Gasteiger partial charge in [-0.25, -0.2) is 14.4 Å². The van der Waals surface area contributed by atoms with Crippen molar-refractivity contribution in [3.8, 4) is 0 Å². The molecular formula is C21H22FN5O2S. The van der Waals surface area contributed by atoms with E-state index >= 15 is 0 Å². The predicted octanol–water partition coefficient (Wildman–Crippen LogP) is 2.92. The first kappa shape index (κ1) is 19.2. The summed E-state index contributed by atoms with van der Waals surface area (Å²) >= 11 is 1.35. The van der Waals surface area contributed by atoms with Crippen molar-refractivity contribution >= 4 is 32.7 Å². The molecule has 1 N–H and O–H groups in total. The van der Waals surface area contributed by atoms with Crippen LogP contribution >= 0.6 is 11.3 Å². The molecule has 3 heterocycles. The first-order chi connectivity index (χ1) is 14.5. The number of benzene rings is 1. The van der Waals surface area contributed by atoms with Crippen LogP contribution in [0.15, 0.2) is 29.1 Å². The van der Waals surface area contributed by atoms with E-state index in [0.29, 0.717) is 39.8 Å². The van der Waals surface area contributed by atoms with E-state index in [9.17, 15) is 14.0 Å². The highest BCUT2D eigenvalue weighted by molar-refractivity contribution is 7.21. The van der Waals surface area contributed by atoms with Crippen LogP contribution in [-0.4, -0.2) is 33.0 Å². The number of fused-ring (bicyclic) bond motifs is 1. The lowest BCUT2D eigenvalue weighted by atomic mass is 10.2. The number of carbonyl (C=O) groups is 1. The molecule has 1 aliphatic carbocycles. The summed E-state index contributed by atoms with van der Waals surface area (Å²) in [5.74, 6) is 0.223. The Balaban J connectivity index is 1.38. The average Bonchev–Trinajstić information content (AvgIpc) is 3.26. The normalized spacial score (nSPS) is 18.9. The molecule has 156 valence electrons. The molecule has 2 fully saturated rings. The largest absolute Gasteiger partial charge is 0.350 e. The van der Waals surface area contributed by atoms with Gasteiger partial charge >= 0.3 is 0 Å². The van der Waals surface area contributed by atoms with Crippen molar-refractivity contribution < 1.29 is 9.18 Å². The number of rotatable bonds is 5. The summed E-state index contributed by atoms with van der Waals surface area (Å²) in [7, 11) is 0. The summed E-state index contributed by atoms with van der Waals surface area (Å²) in [5, 5.41) is 3.49. The Morgan fingerprint density at radius 3 is 2.83 bits per heavy atom. The van der Waals surface area contributed by atoms with Crippen molar-refractivity contribution in [1.82, 2.24) is 19.9 Å². The maximum Gasteiger partial charge on any atom is 0.281 e. The van der Waals surface area contributed by atoms with Gasteiger partial charge in [0, 0.05) is 24.7 Å². The van der Waals surface area contributed by atoms with Crippen LogP contribution < -0.4 is 15.8 Å². The maximum atomic E-state index is 13.8. The quantitative estimate of drug-likeness (QED) is 0.677. The van der Waals surface area contributed by atoms with Crippen molar-refractivity contribution in [3.05, 3.63) is 51.8 Å². The molecule has 1 aliphatic heterocycles. The first-order valence-electron chi connectivity index (χ1n) is 10.2. The van der Waals surface area contributed by atoms with Gasteiger partial charge < -0.3 is 10.2 Å². The minimum Gasteiger partial charge on any atom is -0.350 e. The number of thiazole rings is 1. The number of amides is 1. The molecule has 9 heteroatoms. The smallest absolute Gasteiger partial charge is 0.281 e. The average molecular weight is 428 g/mol. The second kappa shape index (κ2) is 7.46. The summed E-state index contributed by atoms with van der Waals surface area (Å²) in [6.07, 6.45) is 3.55. The van der Waals surface area contributed by atoms with Crippen LogP contribution in [0.5, 0.6) is 0 Å². The van der Waals surface area contributed by atoms with Crippen LogP contribution in [0.4, 0.5) is 9.52 Å². The van der Waals surface area contributed by atoms with Gasteiger partial charge in [0.25, 0.3) is 5.56 Å². The van der Waals surface area contributed by atoms with Crippen LogP contribution in [0.3, 0.4) is 0 Å². The Bertz CT molecular complexity index is 1190. The molecule has 1 unspecified atom stereocenters. The Morgan fingerprint density at radius 2 is 2.07 bits per heavy atom. The highest BCUT2D eigenvalue weighted by atomic mass is 32.1. The molecule has 30 heavy (non-hydrogen) atoms. The van der Waals surface area contributed by atoms with Crippen LogP contribution in [0, 0.1) is 12.7 Å². The fourth-order valence-electron chi connectivity index (χ4n) is 4.07. The van der Waals surface area contributed by atoms with E-state index in [0.717, 1.165) is 19.3 Å². The zero-order valence-electron chi connectivity index (χ0n) is 16.6. The first-order valence-corrected chi connectivity index (χ1v) is 11.0. The topological polar surface area (TPSA) is 80.1 Å². The summed E-state index contributed by atoms with van der Waals surface area (Å²) < 4.78 is 15.6. The van der Waals surface area contributed by atoms with Gasteiger partial charge in [-0.15, -0.1) is 0 Å². The monoisotopic (exact) mass is 427 g/mol. The van der Waals surface area contributed by atoms with Gasteiger partial charge in [-0.3, -0.25) is 14.2 Å². The molecule has 3 aromatic rings. The van der Waals surface area contributed by atoms with Crippen LogP contribution in [0.1, 0.15) is 43.1 Å². The molecule has 0 radical (unpaired) electrons. The second-order valence-corrected chi connectivity index (χ2v) is 8.83. The van der Waals surface area contributed by atoms with E-state index < -0.39 is 0 Å². The molecule has 0 spiro atoms. The second-order valence-electron chi connectivity index (χ2n) is 7.88. The van der Waals surface area contributed by atoms with Crippen molar-refractivity contribution in [1.29, 1.82) is 0 Å².